The van der Waals surface area contributed by atoms with E-state index < -0.39 is 11.6 Å². The first-order chi connectivity index (χ1) is 16.7. The van der Waals surface area contributed by atoms with Crippen LogP contribution in [0, 0.1) is 0 Å². The standard InChI is InChI=1S/C27H29N3O5/c1-27(2)15-35-24(17-12-13-18(33-5)19(14-17)34-6)23-22-20(25(31)29(4)26(32)28(22)3)21(30(23)27)16-10-8-7-9-11-16/h7-14,24H,15H2,1-6H3/t24-/m1/s1. The summed E-state index contributed by atoms with van der Waals surface area (Å²) in [4.78, 5) is 26.7. The van der Waals surface area contributed by atoms with Gasteiger partial charge in [-0.15, -0.1) is 0 Å². The van der Waals surface area contributed by atoms with Crippen LogP contribution in [0.1, 0.15) is 31.2 Å². The molecule has 0 bridgehead atoms. The van der Waals surface area contributed by atoms with Crippen LogP contribution in [0.5, 0.6) is 11.5 Å². The van der Waals surface area contributed by atoms with Crippen molar-refractivity contribution in [2.75, 3.05) is 20.8 Å². The molecular weight excluding hydrogens is 446 g/mol. The fourth-order valence-corrected chi connectivity index (χ4v) is 5.14. The van der Waals surface area contributed by atoms with E-state index in [9.17, 15) is 9.59 Å². The highest BCUT2D eigenvalue weighted by molar-refractivity contribution is 5.96. The Morgan fingerprint density at radius 1 is 0.943 bits per heavy atom. The van der Waals surface area contributed by atoms with Gasteiger partial charge in [0.05, 0.1) is 48.7 Å². The fraction of sp³-hybridized carbons (Fsp3) is 0.333. The number of nitrogens with zero attached hydrogens (tertiary/aromatic N) is 3. The highest BCUT2D eigenvalue weighted by atomic mass is 16.5. The third-order valence-corrected chi connectivity index (χ3v) is 6.82. The minimum absolute atomic E-state index is 0.328. The van der Waals surface area contributed by atoms with Gasteiger partial charge in [-0.3, -0.25) is 13.9 Å². The van der Waals surface area contributed by atoms with E-state index in [0.29, 0.717) is 29.0 Å². The normalized spacial score (nSPS) is 16.8. The summed E-state index contributed by atoms with van der Waals surface area (Å²) in [7, 11) is 6.40. The van der Waals surface area contributed by atoms with Crippen LogP contribution in [0.2, 0.25) is 0 Å². The summed E-state index contributed by atoms with van der Waals surface area (Å²) in [5.74, 6) is 1.19. The Balaban J connectivity index is 1.96. The average molecular weight is 476 g/mol. The summed E-state index contributed by atoms with van der Waals surface area (Å²) in [6.45, 7) is 4.57. The summed E-state index contributed by atoms with van der Waals surface area (Å²) in [6, 6.07) is 15.5. The lowest BCUT2D eigenvalue weighted by atomic mass is 9.97. The Morgan fingerprint density at radius 3 is 2.29 bits per heavy atom. The Hall–Kier alpha value is -3.78. The van der Waals surface area contributed by atoms with Crippen molar-refractivity contribution in [3.8, 4) is 22.8 Å². The molecule has 1 aliphatic heterocycles. The van der Waals surface area contributed by atoms with E-state index in [2.05, 4.69) is 18.4 Å². The predicted molar refractivity (Wildman–Crippen MR) is 135 cm³/mol. The molecule has 1 atom stereocenters. The molecule has 182 valence electrons. The van der Waals surface area contributed by atoms with Crippen LogP contribution in [0.25, 0.3) is 22.2 Å². The van der Waals surface area contributed by atoms with Gasteiger partial charge in [-0.2, -0.15) is 0 Å². The lowest BCUT2D eigenvalue weighted by Gasteiger charge is -2.39. The van der Waals surface area contributed by atoms with Crippen LogP contribution in [-0.4, -0.2) is 34.5 Å². The van der Waals surface area contributed by atoms with Crippen molar-refractivity contribution in [3.63, 3.8) is 0 Å². The first-order valence-electron chi connectivity index (χ1n) is 11.4. The molecule has 2 aromatic carbocycles. The molecule has 2 aromatic heterocycles. The van der Waals surface area contributed by atoms with Crippen LogP contribution in [-0.2, 0) is 24.4 Å². The van der Waals surface area contributed by atoms with Crippen LogP contribution < -0.4 is 20.7 Å². The highest BCUT2D eigenvalue weighted by Gasteiger charge is 2.40. The molecule has 0 N–H and O–H groups in total. The Bertz CT molecular complexity index is 1560. The number of aryl methyl sites for hydroxylation is 1. The number of fused-ring (bicyclic) bond motifs is 3. The lowest BCUT2D eigenvalue weighted by molar-refractivity contribution is -0.00716. The molecular formula is C27H29N3O5. The zero-order valence-corrected chi connectivity index (χ0v) is 20.8. The van der Waals surface area contributed by atoms with E-state index in [1.54, 1.807) is 25.8 Å². The average Bonchev–Trinajstić information content (AvgIpc) is 3.24. The predicted octanol–water partition coefficient (Wildman–Crippen LogP) is 3.58. The first kappa shape index (κ1) is 23.0. The lowest BCUT2D eigenvalue weighted by Crippen LogP contribution is -2.40. The van der Waals surface area contributed by atoms with Gasteiger partial charge >= 0.3 is 5.69 Å². The van der Waals surface area contributed by atoms with E-state index in [1.165, 1.54) is 11.6 Å². The van der Waals surface area contributed by atoms with Gasteiger partial charge in [0.15, 0.2) is 11.5 Å². The van der Waals surface area contributed by atoms with Gasteiger partial charge in [-0.05, 0) is 37.1 Å². The number of aromatic nitrogens is 3. The Kier molecular flexibility index (Phi) is 5.36. The summed E-state index contributed by atoms with van der Waals surface area (Å²) in [5, 5.41) is 0.500. The molecule has 0 fully saturated rings. The van der Waals surface area contributed by atoms with Crippen molar-refractivity contribution in [2.24, 2.45) is 14.1 Å². The Labute approximate surface area is 202 Å². The van der Waals surface area contributed by atoms with E-state index in [1.807, 2.05) is 48.5 Å². The van der Waals surface area contributed by atoms with Gasteiger partial charge in [0.1, 0.15) is 6.10 Å². The molecule has 8 heteroatoms. The largest absolute Gasteiger partial charge is 0.493 e. The van der Waals surface area contributed by atoms with Crippen LogP contribution >= 0.6 is 0 Å². The summed E-state index contributed by atoms with van der Waals surface area (Å²) >= 11 is 0. The SMILES string of the molecule is COc1ccc([C@H]2OCC(C)(C)n3c(-c4ccccc4)c4c(=O)n(C)c(=O)n(C)c4c32)cc1OC. The third-order valence-electron chi connectivity index (χ3n) is 6.82. The molecule has 0 spiro atoms. The van der Waals surface area contributed by atoms with Crippen molar-refractivity contribution >= 4 is 10.9 Å². The molecule has 35 heavy (non-hydrogen) atoms. The quantitative estimate of drug-likeness (QED) is 0.451. The molecule has 4 aromatic rings. The summed E-state index contributed by atoms with van der Waals surface area (Å²) < 4.78 is 22.3. The van der Waals surface area contributed by atoms with Crippen LogP contribution in [0.4, 0.5) is 0 Å². The number of ether oxygens (including phenoxy) is 3. The highest BCUT2D eigenvalue weighted by Crippen LogP contribution is 2.46. The molecule has 8 nitrogen and oxygen atoms in total. The molecule has 0 unspecified atom stereocenters. The molecule has 0 saturated heterocycles. The summed E-state index contributed by atoms with van der Waals surface area (Å²) in [6.07, 6.45) is -0.527. The topological polar surface area (TPSA) is 76.6 Å². The van der Waals surface area contributed by atoms with E-state index in [0.717, 1.165) is 22.5 Å². The van der Waals surface area contributed by atoms with Gasteiger partial charge in [-0.25, -0.2) is 4.79 Å². The maximum Gasteiger partial charge on any atom is 0.331 e. The van der Waals surface area contributed by atoms with Gasteiger partial charge < -0.3 is 18.8 Å². The molecule has 0 amide bonds. The summed E-state index contributed by atoms with van der Waals surface area (Å²) in [5.41, 5.74) is 2.67. The van der Waals surface area contributed by atoms with E-state index in [-0.39, 0.29) is 11.2 Å². The molecule has 5 rings (SSSR count). The third kappa shape index (κ3) is 3.31. The fourth-order valence-electron chi connectivity index (χ4n) is 5.14. The maximum atomic E-state index is 13.6. The molecule has 0 saturated carbocycles. The Morgan fingerprint density at radius 2 is 1.63 bits per heavy atom. The zero-order valence-electron chi connectivity index (χ0n) is 20.8. The monoisotopic (exact) mass is 475 g/mol. The van der Waals surface area contributed by atoms with E-state index >= 15 is 0 Å². The minimum atomic E-state index is -0.527. The molecule has 0 radical (unpaired) electrons. The smallest absolute Gasteiger partial charge is 0.331 e. The number of benzene rings is 2. The second kappa shape index (κ2) is 8.16. The zero-order chi connectivity index (χ0) is 25.1. The van der Waals surface area contributed by atoms with Gasteiger partial charge in [-0.1, -0.05) is 36.4 Å². The van der Waals surface area contributed by atoms with Crippen molar-refractivity contribution in [1.29, 1.82) is 0 Å². The van der Waals surface area contributed by atoms with Gasteiger partial charge in [0, 0.05) is 14.1 Å². The van der Waals surface area contributed by atoms with Crippen molar-refractivity contribution in [2.45, 2.75) is 25.5 Å². The number of rotatable bonds is 4. The number of methoxy groups -OCH3 is 2. The van der Waals surface area contributed by atoms with Gasteiger partial charge in [0.2, 0.25) is 0 Å². The first-order valence-corrected chi connectivity index (χ1v) is 11.4. The maximum absolute atomic E-state index is 13.6. The minimum Gasteiger partial charge on any atom is -0.493 e. The molecule has 0 aliphatic carbocycles. The van der Waals surface area contributed by atoms with Crippen molar-refractivity contribution in [3.05, 3.63) is 80.6 Å². The van der Waals surface area contributed by atoms with Crippen molar-refractivity contribution < 1.29 is 14.2 Å². The van der Waals surface area contributed by atoms with Crippen molar-refractivity contribution in [1.82, 2.24) is 13.7 Å². The van der Waals surface area contributed by atoms with E-state index in [4.69, 9.17) is 14.2 Å². The van der Waals surface area contributed by atoms with Gasteiger partial charge in [0.25, 0.3) is 5.56 Å². The molecule has 3 heterocycles. The van der Waals surface area contributed by atoms with Crippen LogP contribution in [0.15, 0.2) is 58.1 Å². The number of hydrogen-bond donors (Lipinski definition) is 0. The second-order valence-corrected chi connectivity index (χ2v) is 9.48. The second-order valence-electron chi connectivity index (χ2n) is 9.48. The number of hydrogen-bond acceptors (Lipinski definition) is 5. The molecule has 1 aliphatic rings. The van der Waals surface area contributed by atoms with Crippen LogP contribution in [0.3, 0.4) is 0 Å².